The van der Waals surface area contributed by atoms with Gasteiger partial charge in [-0.25, -0.2) is 0 Å². The summed E-state index contributed by atoms with van der Waals surface area (Å²) >= 11 is 0. The lowest BCUT2D eigenvalue weighted by atomic mass is 9.94. The number of amides is 1. The van der Waals surface area contributed by atoms with Gasteiger partial charge in [0.2, 0.25) is 5.91 Å². The Balaban J connectivity index is 2.30. The number of hydrogen-bond donors (Lipinski definition) is 2. The van der Waals surface area contributed by atoms with E-state index in [9.17, 15) is 9.59 Å². The van der Waals surface area contributed by atoms with Crippen LogP contribution in [0.15, 0.2) is 0 Å². The third-order valence-corrected chi connectivity index (χ3v) is 2.72. The molecule has 1 amide bonds. The summed E-state index contributed by atoms with van der Waals surface area (Å²) in [5.74, 6) is -0.615. The number of carbonyl (C=O) groups is 2. The van der Waals surface area contributed by atoms with Crippen LogP contribution >= 0.6 is 0 Å². The molecule has 5 heteroatoms. The van der Waals surface area contributed by atoms with Crippen LogP contribution in [0.4, 0.5) is 0 Å². The van der Waals surface area contributed by atoms with Crippen molar-refractivity contribution in [3.8, 4) is 0 Å². The average Bonchev–Trinajstić information content (AvgIpc) is 2.18. The van der Waals surface area contributed by atoms with Crippen LogP contribution in [0.5, 0.6) is 0 Å². The zero-order chi connectivity index (χ0) is 11.3. The molecule has 1 aliphatic rings. The van der Waals surface area contributed by atoms with Gasteiger partial charge in [0, 0.05) is 13.5 Å². The monoisotopic (exact) mass is 214 g/mol. The molecule has 0 atom stereocenters. The Morgan fingerprint density at radius 2 is 2.00 bits per heavy atom. The van der Waals surface area contributed by atoms with Crippen LogP contribution in [0.1, 0.15) is 19.3 Å². The van der Waals surface area contributed by atoms with Crippen LogP contribution in [0.3, 0.4) is 0 Å². The van der Waals surface area contributed by atoms with Crippen molar-refractivity contribution < 1.29 is 14.7 Å². The van der Waals surface area contributed by atoms with Crippen molar-refractivity contribution in [1.29, 1.82) is 0 Å². The highest BCUT2D eigenvalue weighted by Crippen LogP contribution is 2.16. The summed E-state index contributed by atoms with van der Waals surface area (Å²) in [5.41, 5.74) is 0. The maximum atomic E-state index is 11.6. The van der Waals surface area contributed by atoms with Crippen molar-refractivity contribution in [2.75, 3.05) is 26.7 Å². The standard InChI is InChI=1S/C10H18N2O3/c1-12(7-10(14)15)9(13)6-8-2-4-11-5-3-8/h8,11H,2-7H2,1H3,(H,14,15). The minimum atomic E-state index is -0.962. The van der Waals surface area contributed by atoms with E-state index in [2.05, 4.69) is 5.32 Å². The van der Waals surface area contributed by atoms with Gasteiger partial charge >= 0.3 is 5.97 Å². The zero-order valence-electron chi connectivity index (χ0n) is 9.03. The second-order valence-electron chi connectivity index (χ2n) is 4.04. The van der Waals surface area contributed by atoms with Gasteiger partial charge in [0.1, 0.15) is 6.54 Å². The van der Waals surface area contributed by atoms with Crippen LogP contribution < -0.4 is 5.32 Å². The zero-order valence-corrected chi connectivity index (χ0v) is 9.03. The highest BCUT2D eigenvalue weighted by molar-refractivity contribution is 5.81. The van der Waals surface area contributed by atoms with Gasteiger partial charge in [-0.05, 0) is 31.8 Å². The third-order valence-electron chi connectivity index (χ3n) is 2.72. The summed E-state index contributed by atoms with van der Waals surface area (Å²) in [4.78, 5) is 23.3. The van der Waals surface area contributed by atoms with Gasteiger partial charge in [-0.3, -0.25) is 9.59 Å². The largest absolute Gasteiger partial charge is 0.480 e. The molecular weight excluding hydrogens is 196 g/mol. The predicted molar refractivity (Wildman–Crippen MR) is 55.5 cm³/mol. The van der Waals surface area contributed by atoms with Crippen LogP contribution in [0.2, 0.25) is 0 Å². The molecule has 0 unspecified atom stereocenters. The quantitative estimate of drug-likeness (QED) is 0.686. The molecule has 0 spiro atoms. The lowest BCUT2D eigenvalue weighted by molar-refractivity contribution is -0.143. The summed E-state index contributed by atoms with van der Waals surface area (Å²) in [6.07, 6.45) is 2.49. The lowest BCUT2D eigenvalue weighted by Crippen LogP contribution is -2.35. The fourth-order valence-corrected chi connectivity index (χ4v) is 1.78. The molecule has 15 heavy (non-hydrogen) atoms. The Bertz CT molecular complexity index is 237. The Hall–Kier alpha value is -1.10. The number of rotatable bonds is 4. The highest BCUT2D eigenvalue weighted by Gasteiger charge is 2.19. The topological polar surface area (TPSA) is 69.6 Å². The molecule has 0 aliphatic carbocycles. The maximum absolute atomic E-state index is 11.6. The molecule has 0 radical (unpaired) electrons. The van der Waals surface area contributed by atoms with E-state index in [1.165, 1.54) is 11.9 Å². The first-order valence-electron chi connectivity index (χ1n) is 5.26. The fourth-order valence-electron chi connectivity index (χ4n) is 1.78. The molecule has 0 bridgehead atoms. The van der Waals surface area contributed by atoms with E-state index in [0.29, 0.717) is 12.3 Å². The molecule has 5 nitrogen and oxygen atoms in total. The molecule has 0 aromatic carbocycles. The molecule has 86 valence electrons. The van der Waals surface area contributed by atoms with Gasteiger partial charge in [0.15, 0.2) is 0 Å². The SMILES string of the molecule is CN(CC(=O)O)C(=O)CC1CCNCC1. The van der Waals surface area contributed by atoms with Gasteiger partial charge in [-0.1, -0.05) is 0 Å². The maximum Gasteiger partial charge on any atom is 0.323 e. The number of carboxylic acid groups (broad SMARTS) is 1. The molecule has 1 heterocycles. The lowest BCUT2D eigenvalue weighted by Gasteiger charge is -2.24. The van der Waals surface area contributed by atoms with Gasteiger partial charge in [-0.15, -0.1) is 0 Å². The molecule has 2 N–H and O–H groups in total. The normalized spacial score (nSPS) is 17.4. The predicted octanol–water partition coefficient (Wildman–Crippen LogP) is -0.0809. The first kappa shape index (κ1) is 12.0. The second-order valence-corrected chi connectivity index (χ2v) is 4.04. The molecule has 1 aliphatic heterocycles. The van der Waals surface area contributed by atoms with E-state index in [1.54, 1.807) is 0 Å². The van der Waals surface area contributed by atoms with Crippen molar-refractivity contribution >= 4 is 11.9 Å². The molecule has 0 saturated carbocycles. The molecule has 1 rings (SSSR count). The van der Waals surface area contributed by atoms with E-state index >= 15 is 0 Å². The average molecular weight is 214 g/mol. The number of hydrogen-bond acceptors (Lipinski definition) is 3. The van der Waals surface area contributed by atoms with E-state index < -0.39 is 5.97 Å². The Morgan fingerprint density at radius 1 is 1.40 bits per heavy atom. The first-order valence-corrected chi connectivity index (χ1v) is 5.26. The second kappa shape index (κ2) is 5.70. The minimum Gasteiger partial charge on any atom is -0.480 e. The number of nitrogens with one attached hydrogen (secondary N) is 1. The highest BCUT2D eigenvalue weighted by atomic mass is 16.4. The van der Waals surface area contributed by atoms with Gasteiger partial charge in [0.25, 0.3) is 0 Å². The van der Waals surface area contributed by atoms with Crippen LogP contribution in [-0.2, 0) is 9.59 Å². The van der Waals surface area contributed by atoms with Crippen molar-refractivity contribution in [2.24, 2.45) is 5.92 Å². The van der Waals surface area contributed by atoms with Crippen molar-refractivity contribution in [3.63, 3.8) is 0 Å². The molecular formula is C10H18N2O3. The molecule has 0 aromatic rings. The van der Waals surface area contributed by atoms with Crippen LogP contribution in [0.25, 0.3) is 0 Å². The summed E-state index contributed by atoms with van der Waals surface area (Å²) in [5, 5.41) is 11.8. The van der Waals surface area contributed by atoms with Gasteiger partial charge < -0.3 is 15.3 Å². The fraction of sp³-hybridized carbons (Fsp3) is 0.800. The Kier molecular flexibility index (Phi) is 4.55. The Labute approximate surface area is 89.4 Å². The number of aliphatic carboxylic acids is 1. The van der Waals surface area contributed by atoms with Crippen molar-refractivity contribution in [2.45, 2.75) is 19.3 Å². The molecule has 0 aromatic heterocycles. The summed E-state index contributed by atoms with van der Waals surface area (Å²) in [6.45, 7) is 1.71. The Morgan fingerprint density at radius 3 is 2.53 bits per heavy atom. The first-order chi connectivity index (χ1) is 7.09. The van der Waals surface area contributed by atoms with Gasteiger partial charge in [0.05, 0.1) is 0 Å². The van der Waals surface area contributed by atoms with Crippen LogP contribution in [-0.4, -0.2) is 48.6 Å². The number of likely N-dealkylation sites (N-methyl/N-ethyl adjacent to an activating group) is 1. The molecule has 1 fully saturated rings. The van der Waals surface area contributed by atoms with Crippen molar-refractivity contribution in [1.82, 2.24) is 10.2 Å². The van der Waals surface area contributed by atoms with E-state index in [4.69, 9.17) is 5.11 Å². The van der Waals surface area contributed by atoms with E-state index in [0.717, 1.165) is 25.9 Å². The summed E-state index contributed by atoms with van der Waals surface area (Å²) in [7, 11) is 1.54. The smallest absolute Gasteiger partial charge is 0.323 e. The van der Waals surface area contributed by atoms with E-state index in [1.807, 2.05) is 0 Å². The van der Waals surface area contributed by atoms with Crippen LogP contribution in [0, 0.1) is 5.92 Å². The third kappa shape index (κ3) is 4.29. The molecule has 1 saturated heterocycles. The summed E-state index contributed by atoms with van der Waals surface area (Å²) < 4.78 is 0. The minimum absolute atomic E-state index is 0.0655. The van der Waals surface area contributed by atoms with E-state index in [-0.39, 0.29) is 12.5 Å². The number of nitrogens with zero attached hydrogens (tertiary/aromatic N) is 1. The summed E-state index contributed by atoms with van der Waals surface area (Å²) in [6, 6.07) is 0. The number of carboxylic acids is 1. The van der Waals surface area contributed by atoms with Crippen molar-refractivity contribution in [3.05, 3.63) is 0 Å². The number of piperidine rings is 1. The number of carbonyl (C=O) groups excluding carboxylic acids is 1. The van der Waals surface area contributed by atoms with Gasteiger partial charge in [-0.2, -0.15) is 0 Å².